The van der Waals surface area contributed by atoms with Crippen molar-refractivity contribution in [3.05, 3.63) is 29.3 Å². The number of carbonyl (C=O) groups excluding carboxylic acids is 1. The van der Waals surface area contributed by atoms with E-state index in [0.29, 0.717) is 13.1 Å². The quantitative estimate of drug-likeness (QED) is 0.819. The standard InChI is InChI=1S/C18H28N2O3/c1-18(2,3)23-17(22)20-11-5-9-14-7-4-8-15(16(14)20)13-19-10-6-12-21/h4,7-8,19,21H,5-6,9-13H2,1-3H3. The second kappa shape index (κ2) is 7.79. The number of nitrogens with one attached hydrogen (secondary N) is 1. The number of para-hydroxylation sites is 1. The molecule has 128 valence electrons. The number of hydrogen-bond donors (Lipinski definition) is 2. The molecular formula is C18H28N2O3. The predicted octanol–water partition coefficient (Wildman–Crippen LogP) is 2.85. The Bertz CT molecular complexity index is 538. The van der Waals surface area contributed by atoms with Crippen LogP contribution in [0.25, 0.3) is 0 Å². The zero-order valence-corrected chi connectivity index (χ0v) is 14.4. The topological polar surface area (TPSA) is 61.8 Å². The van der Waals surface area contributed by atoms with Gasteiger partial charge in [0, 0.05) is 19.7 Å². The van der Waals surface area contributed by atoms with E-state index in [-0.39, 0.29) is 12.7 Å². The van der Waals surface area contributed by atoms with Gasteiger partial charge in [0.15, 0.2) is 0 Å². The molecule has 0 unspecified atom stereocenters. The maximum atomic E-state index is 12.6. The number of anilines is 1. The normalized spacial score (nSPS) is 14.5. The van der Waals surface area contributed by atoms with E-state index < -0.39 is 5.60 Å². The van der Waals surface area contributed by atoms with Crippen molar-refractivity contribution in [3.8, 4) is 0 Å². The number of aryl methyl sites for hydroxylation is 1. The Morgan fingerprint density at radius 3 is 2.87 bits per heavy atom. The van der Waals surface area contributed by atoms with Gasteiger partial charge in [-0.1, -0.05) is 18.2 Å². The highest BCUT2D eigenvalue weighted by Gasteiger charge is 2.28. The molecule has 0 saturated heterocycles. The fraction of sp³-hybridized carbons (Fsp3) is 0.611. The summed E-state index contributed by atoms with van der Waals surface area (Å²) in [6.45, 7) is 7.98. The maximum Gasteiger partial charge on any atom is 0.414 e. The summed E-state index contributed by atoms with van der Waals surface area (Å²) in [6, 6.07) is 6.18. The minimum absolute atomic E-state index is 0.184. The predicted molar refractivity (Wildman–Crippen MR) is 91.8 cm³/mol. The van der Waals surface area contributed by atoms with Crippen molar-refractivity contribution >= 4 is 11.8 Å². The van der Waals surface area contributed by atoms with E-state index in [0.717, 1.165) is 37.1 Å². The van der Waals surface area contributed by atoms with Crippen LogP contribution in [0.3, 0.4) is 0 Å². The molecule has 0 aromatic heterocycles. The molecule has 0 fully saturated rings. The summed E-state index contributed by atoms with van der Waals surface area (Å²) in [7, 11) is 0. The van der Waals surface area contributed by atoms with Crippen molar-refractivity contribution in [1.82, 2.24) is 5.32 Å². The van der Waals surface area contributed by atoms with Crippen molar-refractivity contribution in [2.45, 2.75) is 52.2 Å². The number of amides is 1. The molecule has 2 rings (SSSR count). The van der Waals surface area contributed by atoms with E-state index in [4.69, 9.17) is 9.84 Å². The van der Waals surface area contributed by atoms with Crippen molar-refractivity contribution in [2.75, 3.05) is 24.6 Å². The second-order valence-electron chi connectivity index (χ2n) is 6.91. The molecule has 23 heavy (non-hydrogen) atoms. The van der Waals surface area contributed by atoms with Gasteiger partial charge in [-0.25, -0.2) is 4.79 Å². The smallest absolute Gasteiger partial charge is 0.414 e. The Morgan fingerprint density at radius 2 is 2.17 bits per heavy atom. The molecule has 1 aromatic carbocycles. The van der Waals surface area contributed by atoms with Gasteiger partial charge in [-0.3, -0.25) is 4.90 Å². The number of ether oxygens (including phenoxy) is 1. The molecule has 1 aliphatic rings. The van der Waals surface area contributed by atoms with Crippen LogP contribution in [0, 0.1) is 0 Å². The van der Waals surface area contributed by atoms with Crippen LogP contribution in [-0.4, -0.2) is 36.5 Å². The number of benzene rings is 1. The fourth-order valence-electron chi connectivity index (χ4n) is 2.80. The monoisotopic (exact) mass is 320 g/mol. The van der Waals surface area contributed by atoms with Gasteiger partial charge in [-0.2, -0.15) is 0 Å². The van der Waals surface area contributed by atoms with Gasteiger partial charge in [-0.05, 0) is 57.7 Å². The lowest BCUT2D eigenvalue weighted by atomic mass is 9.98. The second-order valence-corrected chi connectivity index (χ2v) is 6.91. The number of nitrogens with zero attached hydrogens (tertiary/aromatic N) is 1. The number of carbonyl (C=O) groups is 1. The summed E-state index contributed by atoms with van der Waals surface area (Å²) in [5, 5.41) is 12.2. The van der Waals surface area contributed by atoms with Gasteiger partial charge in [0.05, 0.1) is 5.69 Å². The molecule has 0 spiro atoms. The summed E-state index contributed by atoms with van der Waals surface area (Å²) in [5.41, 5.74) is 2.79. The Kier molecular flexibility index (Phi) is 6.02. The van der Waals surface area contributed by atoms with Gasteiger partial charge >= 0.3 is 6.09 Å². The number of fused-ring (bicyclic) bond motifs is 1. The Balaban J connectivity index is 2.19. The SMILES string of the molecule is CC(C)(C)OC(=O)N1CCCc2cccc(CNCCCO)c21. The minimum Gasteiger partial charge on any atom is -0.443 e. The van der Waals surface area contributed by atoms with Crippen LogP contribution in [0.2, 0.25) is 0 Å². The summed E-state index contributed by atoms with van der Waals surface area (Å²) >= 11 is 0. The van der Waals surface area contributed by atoms with E-state index in [1.807, 2.05) is 32.9 Å². The highest BCUT2D eigenvalue weighted by molar-refractivity contribution is 5.90. The highest BCUT2D eigenvalue weighted by Crippen LogP contribution is 2.32. The molecule has 0 bridgehead atoms. The molecule has 0 atom stereocenters. The first-order valence-corrected chi connectivity index (χ1v) is 8.35. The van der Waals surface area contributed by atoms with Crippen molar-refractivity contribution in [3.63, 3.8) is 0 Å². The van der Waals surface area contributed by atoms with Gasteiger partial charge < -0.3 is 15.2 Å². The number of rotatable bonds is 5. The van der Waals surface area contributed by atoms with Crippen LogP contribution in [0.5, 0.6) is 0 Å². The molecule has 1 amide bonds. The first-order valence-electron chi connectivity index (χ1n) is 8.35. The van der Waals surface area contributed by atoms with Crippen LogP contribution in [-0.2, 0) is 17.7 Å². The Labute approximate surface area is 138 Å². The first-order chi connectivity index (χ1) is 10.9. The van der Waals surface area contributed by atoms with E-state index in [1.54, 1.807) is 4.90 Å². The first kappa shape index (κ1) is 17.8. The van der Waals surface area contributed by atoms with Gasteiger partial charge in [0.2, 0.25) is 0 Å². The molecule has 0 radical (unpaired) electrons. The third-order valence-electron chi connectivity index (χ3n) is 3.74. The summed E-state index contributed by atoms with van der Waals surface area (Å²) in [6.07, 6.45) is 2.39. The van der Waals surface area contributed by atoms with Crippen LogP contribution in [0.4, 0.5) is 10.5 Å². The van der Waals surface area contributed by atoms with E-state index >= 15 is 0 Å². The minimum atomic E-state index is -0.497. The Hall–Kier alpha value is -1.59. The number of aliphatic hydroxyl groups is 1. The summed E-state index contributed by atoms with van der Waals surface area (Å²) in [5.74, 6) is 0. The zero-order valence-electron chi connectivity index (χ0n) is 14.4. The van der Waals surface area contributed by atoms with Gasteiger partial charge in [0.1, 0.15) is 5.60 Å². The average Bonchev–Trinajstić information content (AvgIpc) is 2.49. The van der Waals surface area contributed by atoms with Crippen molar-refractivity contribution < 1.29 is 14.6 Å². The van der Waals surface area contributed by atoms with Crippen LogP contribution >= 0.6 is 0 Å². The lowest BCUT2D eigenvalue weighted by Crippen LogP contribution is -2.40. The zero-order chi connectivity index (χ0) is 16.9. The van der Waals surface area contributed by atoms with Crippen LogP contribution in [0.15, 0.2) is 18.2 Å². The molecule has 5 nitrogen and oxygen atoms in total. The van der Waals surface area contributed by atoms with Crippen LogP contribution in [0.1, 0.15) is 44.7 Å². The van der Waals surface area contributed by atoms with Gasteiger partial charge in [0.25, 0.3) is 0 Å². The largest absolute Gasteiger partial charge is 0.443 e. The molecular weight excluding hydrogens is 292 g/mol. The molecule has 5 heteroatoms. The van der Waals surface area contributed by atoms with E-state index in [1.165, 1.54) is 5.56 Å². The summed E-state index contributed by atoms with van der Waals surface area (Å²) in [4.78, 5) is 14.3. The third kappa shape index (κ3) is 4.94. The van der Waals surface area contributed by atoms with E-state index in [9.17, 15) is 4.79 Å². The van der Waals surface area contributed by atoms with Gasteiger partial charge in [-0.15, -0.1) is 0 Å². The fourth-order valence-corrected chi connectivity index (χ4v) is 2.80. The number of hydrogen-bond acceptors (Lipinski definition) is 4. The Morgan fingerprint density at radius 1 is 1.39 bits per heavy atom. The average molecular weight is 320 g/mol. The van der Waals surface area contributed by atoms with Crippen molar-refractivity contribution in [2.24, 2.45) is 0 Å². The molecule has 0 aliphatic carbocycles. The molecule has 1 aromatic rings. The maximum absolute atomic E-state index is 12.6. The molecule has 0 saturated carbocycles. The van der Waals surface area contributed by atoms with E-state index in [2.05, 4.69) is 11.4 Å². The lowest BCUT2D eigenvalue weighted by molar-refractivity contribution is 0.0577. The number of aliphatic hydroxyl groups excluding tert-OH is 1. The molecule has 2 N–H and O–H groups in total. The molecule has 1 aliphatic heterocycles. The van der Waals surface area contributed by atoms with Crippen LogP contribution < -0.4 is 10.2 Å². The lowest BCUT2D eigenvalue weighted by Gasteiger charge is -2.33. The summed E-state index contributed by atoms with van der Waals surface area (Å²) < 4.78 is 5.57. The van der Waals surface area contributed by atoms with Crippen molar-refractivity contribution in [1.29, 1.82) is 0 Å². The molecule has 1 heterocycles. The third-order valence-corrected chi connectivity index (χ3v) is 3.74. The highest BCUT2D eigenvalue weighted by atomic mass is 16.6.